The molecule has 1 aliphatic rings. The number of halogens is 1. The highest BCUT2D eigenvalue weighted by Gasteiger charge is 2.20. The van der Waals surface area contributed by atoms with Gasteiger partial charge in [0.15, 0.2) is 23.1 Å². The number of hydrogen-bond acceptors (Lipinski definition) is 5. The molecule has 29 heavy (non-hydrogen) atoms. The van der Waals surface area contributed by atoms with E-state index in [0.717, 1.165) is 30.4 Å². The molecule has 4 rings (SSSR count). The van der Waals surface area contributed by atoms with Crippen molar-refractivity contribution < 1.29 is 18.6 Å². The summed E-state index contributed by atoms with van der Waals surface area (Å²) in [6.07, 6.45) is 6.01. The molecule has 0 aliphatic heterocycles. The lowest BCUT2D eigenvalue weighted by molar-refractivity contribution is 0.289. The summed E-state index contributed by atoms with van der Waals surface area (Å²) in [4.78, 5) is 8.53. The quantitative estimate of drug-likeness (QED) is 0.481. The van der Waals surface area contributed by atoms with Crippen LogP contribution in [-0.2, 0) is 6.42 Å². The first-order valence-corrected chi connectivity index (χ1v) is 9.72. The maximum atomic E-state index is 15.0. The van der Waals surface area contributed by atoms with Crippen molar-refractivity contribution in [1.29, 1.82) is 0 Å². The summed E-state index contributed by atoms with van der Waals surface area (Å²) in [7, 11) is 1.58. The topological polar surface area (TPSA) is 53.5 Å². The molecule has 0 saturated heterocycles. The number of ether oxygens (including phenoxy) is 3. The molecular formula is C23H23FN2O3. The molecule has 1 aromatic heterocycles. The van der Waals surface area contributed by atoms with Crippen LogP contribution in [0.2, 0.25) is 0 Å². The van der Waals surface area contributed by atoms with Gasteiger partial charge in [0.25, 0.3) is 0 Å². The maximum Gasteiger partial charge on any atom is 0.230 e. The van der Waals surface area contributed by atoms with Gasteiger partial charge in [0.2, 0.25) is 5.88 Å². The minimum atomic E-state index is -0.377. The molecule has 150 valence electrons. The SMILES string of the molecule is CCCCOc1cc2ncnc(Oc3ccc4c(c3F)C=C(C)C4)c2cc1OC. The van der Waals surface area contributed by atoms with Crippen LogP contribution in [0.1, 0.15) is 37.8 Å². The van der Waals surface area contributed by atoms with E-state index in [1.54, 1.807) is 25.3 Å². The van der Waals surface area contributed by atoms with Crippen molar-refractivity contribution in [2.45, 2.75) is 33.1 Å². The van der Waals surface area contributed by atoms with Crippen molar-refractivity contribution >= 4 is 17.0 Å². The molecule has 3 aromatic rings. The van der Waals surface area contributed by atoms with Crippen molar-refractivity contribution in [2.24, 2.45) is 0 Å². The molecule has 0 bridgehead atoms. The molecule has 0 amide bonds. The Morgan fingerprint density at radius 3 is 2.76 bits per heavy atom. The van der Waals surface area contributed by atoms with Gasteiger partial charge in [-0.05, 0) is 37.5 Å². The van der Waals surface area contributed by atoms with Gasteiger partial charge in [-0.2, -0.15) is 0 Å². The van der Waals surface area contributed by atoms with E-state index in [1.165, 1.54) is 6.33 Å². The summed E-state index contributed by atoms with van der Waals surface area (Å²) in [5.41, 5.74) is 3.32. The van der Waals surface area contributed by atoms with Crippen molar-refractivity contribution in [1.82, 2.24) is 9.97 Å². The van der Waals surface area contributed by atoms with Gasteiger partial charge in [-0.25, -0.2) is 14.4 Å². The molecule has 0 fully saturated rings. The molecule has 1 heterocycles. The van der Waals surface area contributed by atoms with E-state index in [2.05, 4.69) is 16.9 Å². The highest BCUT2D eigenvalue weighted by molar-refractivity contribution is 5.87. The lowest BCUT2D eigenvalue weighted by Gasteiger charge is -2.14. The largest absolute Gasteiger partial charge is 0.493 e. The molecule has 0 radical (unpaired) electrons. The van der Waals surface area contributed by atoms with Crippen LogP contribution in [0.4, 0.5) is 4.39 Å². The Bertz CT molecular complexity index is 1100. The first-order chi connectivity index (χ1) is 14.1. The number of unbranched alkanes of at least 4 members (excludes halogenated alkanes) is 1. The summed E-state index contributed by atoms with van der Waals surface area (Å²) in [5.74, 6) is 1.20. The van der Waals surface area contributed by atoms with Crippen LogP contribution in [0.25, 0.3) is 17.0 Å². The fraction of sp³-hybridized carbons (Fsp3) is 0.304. The van der Waals surface area contributed by atoms with Gasteiger partial charge in [0.1, 0.15) is 6.33 Å². The molecular weight excluding hydrogens is 371 g/mol. The number of hydrogen-bond donors (Lipinski definition) is 0. The Morgan fingerprint density at radius 2 is 1.97 bits per heavy atom. The number of aromatic nitrogens is 2. The molecule has 0 atom stereocenters. The minimum Gasteiger partial charge on any atom is -0.493 e. The summed E-state index contributed by atoms with van der Waals surface area (Å²) in [5, 5.41) is 0.624. The highest BCUT2D eigenvalue weighted by atomic mass is 19.1. The lowest BCUT2D eigenvalue weighted by atomic mass is 10.1. The zero-order valence-electron chi connectivity index (χ0n) is 16.8. The average Bonchev–Trinajstić information content (AvgIpc) is 3.11. The maximum absolute atomic E-state index is 15.0. The Balaban J connectivity index is 1.71. The van der Waals surface area contributed by atoms with Crippen LogP contribution in [-0.4, -0.2) is 23.7 Å². The first-order valence-electron chi connectivity index (χ1n) is 9.72. The standard InChI is InChI=1S/C23H23FN2O3/c1-4-5-8-28-21-12-18-17(11-20(21)27-3)23(26-13-25-18)29-19-7-6-15-9-14(2)10-16(15)22(19)24/h6-7,10-13H,4-5,8-9H2,1-3H3. The first kappa shape index (κ1) is 19.2. The third-order valence-electron chi connectivity index (χ3n) is 4.94. The minimum absolute atomic E-state index is 0.136. The normalized spacial score (nSPS) is 12.6. The van der Waals surface area contributed by atoms with E-state index >= 15 is 0 Å². The molecule has 5 nitrogen and oxygen atoms in total. The monoisotopic (exact) mass is 394 g/mol. The second-order valence-corrected chi connectivity index (χ2v) is 7.12. The highest BCUT2D eigenvalue weighted by Crippen LogP contribution is 2.38. The summed E-state index contributed by atoms with van der Waals surface area (Å²) in [6, 6.07) is 7.10. The summed E-state index contributed by atoms with van der Waals surface area (Å²) in [6.45, 7) is 4.69. The Hall–Kier alpha value is -3.15. The van der Waals surface area contributed by atoms with E-state index in [9.17, 15) is 4.39 Å². The molecule has 2 aromatic carbocycles. The molecule has 6 heteroatoms. The van der Waals surface area contributed by atoms with Crippen LogP contribution >= 0.6 is 0 Å². The van der Waals surface area contributed by atoms with Gasteiger partial charge in [0.05, 0.1) is 24.6 Å². The predicted octanol–water partition coefficient (Wildman–Crippen LogP) is 5.71. The van der Waals surface area contributed by atoms with Gasteiger partial charge < -0.3 is 14.2 Å². The fourth-order valence-electron chi connectivity index (χ4n) is 3.42. The zero-order chi connectivity index (χ0) is 20.4. The van der Waals surface area contributed by atoms with Crippen LogP contribution in [0, 0.1) is 5.82 Å². The van der Waals surface area contributed by atoms with Crippen LogP contribution in [0.15, 0.2) is 36.2 Å². The molecule has 0 N–H and O–H groups in total. The Morgan fingerprint density at radius 1 is 1.10 bits per heavy atom. The van der Waals surface area contributed by atoms with E-state index in [4.69, 9.17) is 14.2 Å². The second-order valence-electron chi connectivity index (χ2n) is 7.12. The van der Waals surface area contributed by atoms with Crippen molar-refractivity contribution in [3.8, 4) is 23.1 Å². The fourth-order valence-corrected chi connectivity index (χ4v) is 3.42. The predicted molar refractivity (Wildman–Crippen MR) is 110 cm³/mol. The lowest BCUT2D eigenvalue weighted by Crippen LogP contribution is -2.00. The number of methoxy groups -OCH3 is 1. The zero-order valence-corrected chi connectivity index (χ0v) is 16.8. The summed E-state index contributed by atoms with van der Waals surface area (Å²) >= 11 is 0. The van der Waals surface area contributed by atoms with E-state index < -0.39 is 0 Å². The third-order valence-corrected chi connectivity index (χ3v) is 4.94. The number of benzene rings is 2. The Kier molecular flexibility index (Phi) is 5.34. The molecule has 0 unspecified atom stereocenters. The van der Waals surface area contributed by atoms with Crippen LogP contribution < -0.4 is 14.2 Å². The van der Waals surface area contributed by atoms with Gasteiger partial charge in [-0.3, -0.25) is 0 Å². The molecule has 1 aliphatic carbocycles. The van der Waals surface area contributed by atoms with Crippen molar-refractivity contribution in [3.05, 3.63) is 53.1 Å². The molecule has 0 spiro atoms. The number of allylic oxidation sites excluding steroid dienone is 1. The van der Waals surface area contributed by atoms with E-state index in [-0.39, 0.29) is 17.4 Å². The smallest absolute Gasteiger partial charge is 0.230 e. The van der Waals surface area contributed by atoms with Gasteiger partial charge in [-0.1, -0.05) is 31.1 Å². The van der Waals surface area contributed by atoms with Crippen LogP contribution in [0.5, 0.6) is 23.1 Å². The van der Waals surface area contributed by atoms with Gasteiger partial charge in [0, 0.05) is 11.6 Å². The Labute approximate surface area is 169 Å². The number of rotatable bonds is 7. The van der Waals surface area contributed by atoms with E-state index in [0.29, 0.717) is 34.6 Å². The van der Waals surface area contributed by atoms with E-state index in [1.807, 2.05) is 19.1 Å². The summed E-state index contributed by atoms with van der Waals surface area (Å²) < 4.78 is 32.1. The average molecular weight is 394 g/mol. The number of nitrogens with zero attached hydrogens (tertiary/aromatic N) is 2. The van der Waals surface area contributed by atoms with Crippen LogP contribution in [0.3, 0.4) is 0 Å². The number of fused-ring (bicyclic) bond motifs is 2. The van der Waals surface area contributed by atoms with Crippen molar-refractivity contribution in [3.63, 3.8) is 0 Å². The van der Waals surface area contributed by atoms with Gasteiger partial charge in [-0.15, -0.1) is 0 Å². The van der Waals surface area contributed by atoms with Crippen molar-refractivity contribution in [2.75, 3.05) is 13.7 Å². The molecule has 0 saturated carbocycles. The third kappa shape index (κ3) is 3.75. The van der Waals surface area contributed by atoms with Gasteiger partial charge >= 0.3 is 0 Å². The second kappa shape index (κ2) is 8.07.